The van der Waals surface area contributed by atoms with Gasteiger partial charge < -0.3 is 9.64 Å². The molecule has 0 saturated heterocycles. The summed E-state index contributed by atoms with van der Waals surface area (Å²) in [6, 6.07) is -0.801. The van der Waals surface area contributed by atoms with Crippen molar-refractivity contribution in [2.24, 2.45) is 0 Å². The Morgan fingerprint density at radius 3 is 2.47 bits per heavy atom. The standard InChI is InChI=1S/C12H19F2NO2/c1-12(2,3)17-11(16)15(4)10-7-8(13)5-6-9(10)14/h5-6,8-10H,7H2,1-4H3. The van der Waals surface area contributed by atoms with E-state index in [4.69, 9.17) is 4.74 Å². The molecule has 0 heterocycles. The van der Waals surface area contributed by atoms with Gasteiger partial charge in [0, 0.05) is 13.5 Å². The zero-order valence-electron chi connectivity index (χ0n) is 10.6. The number of hydrogen-bond donors (Lipinski definition) is 0. The fraction of sp³-hybridized carbons (Fsp3) is 0.750. The molecular formula is C12H19F2NO2. The molecule has 0 aromatic rings. The summed E-state index contributed by atoms with van der Waals surface area (Å²) < 4.78 is 31.8. The second-order valence-electron chi connectivity index (χ2n) is 5.24. The van der Waals surface area contributed by atoms with Crippen LogP contribution < -0.4 is 0 Å². The normalized spacial score (nSPS) is 28.9. The third-order valence-corrected chi connectivity index (χ3v) is 2.52. The van der Waals surface area contributed by atoms with Gasteiger partial charge in [-0.1, -0.05) is 6.08 Å². The average Bonchev–Trinajstić information content (AvgIpc) is 2.18. The maximum atomic E-state index is 13.6. The van der Waals surface area contributed by atoms with Gasteiger partial charge in [-0.05, 0) is 26.8 Å². The molecule has 17 heavy (non-hydrogen) atoms. The number of rotatable bonds is 1. The number of amides is 1. The number of allylic oxidation sites excluding steroid dienone is 1. The summed E-state index contributed by atoms with van der Waals surface area (Å²) in [7, 11) is 1.43. The lowest BCUT2D eigenvalue weighted by Crippen LogP contribution is -2.47. The Morgan fingerprint density at radius 2 is 1.94 bits per heavy atom. The minimum Gasteiger partial charge on any atom is -0.444 e. The molecule has 5 heteroatoms. The van der Waals surface area contributed by atoms with Crippen LogP contribution in [0.25, 0.3) is 0 Å². The first kappa shape index (κ1) is 13.9. The Bertz CT molecular complexity index is 312. The van der Waals surface area contributed by atoms with Crippen molar-refractivity contribution in [3.05, 3.63) is 12.2 Å². The lowest BCUT2D eigenvalue weighted by Gasteiger charge is -2.33. The molecule has 1 aliphatic rings. The van der Waals surface area contributed by atoms with Gasteiger partial charge in [0.15, 0.2) is 0 Å². The number of hydrogen-bond acceptors (Lipinski definition) is 2. The summed E-state index contributed by atoms with van der Waals surface area (Å²) in [5.41, 5.74) is -0.642. The van der Waals surface area contributed by atoms with Crippen molar-refractivity contribution in [1.29, 1.82) is 0 Å². The highest BCUT2D eigenvalue weighted by molar-refractivity contribution is 5.68. The van der Waals surface area contributed by atoms with Crippen LogP contribution in [-0.2, 0) is 4.74 Å². The highest BCUT2D eigenvalue weighted by Crippen LogP contribution is 2.23. The molecule has 0 radical (unpaired) electrons. The van der Waals surface area contributed by atoms with Crippen molar-refractivity contribution >= 4 is 6.09 Å². The minimum atomic E-state index is -1.35. The van der Waals surface area contributed by atoms with E-state index in [2.05, 4.69) is 0 Å². The van der Waals surface area contributed by atoms with Gasteiger partial charge in [-0.3, -0.25) is 0 Å². The molecule has 1 amide bonds. The Kier molecular flexibility index (Phi) is 4.11. The van der Waals surface area contributed by atoms with Crippen molar-refractivity contribution in [3.8, 4) is 0 Å². The minimum absolute atomic E-state index is 0.0343. The Labute approximate surface area is 100 Å². The topological polar surface area (TPSA) is 29.5 Å². The smallest absolute Gasteiger partial charge is 0.410 e. The van der Waals surface area contributed by atoms with Crippen molar-refractivity contribution in [2.75, 3.05) is 7.05 Å². The zero-order chi connectivity index (χ0) is 13.2. The molecule has 3 nitrogen and oxygen atoms in total. The number of carbonyl (C=O) groups is 1. The molecule has 0 aliphatic heterocycles. The van der Waals surface area contributed by atoms with Gasteiger partial charge in [0.2, 0.25) is 0 Å². The van der Waals surface area contributed by atoms with Gasteiger partial charge in [0.1, 0.15) is 17.9 Å². The summed E-state index contributed by atoms with van der Waals surface area (Å²) in [6.45, 7) is 5.18. The van der Waals surface area contributed by atoms with Crippen LogP contribution in [0.4, 0.5) is 13.6 Å². The van der Waals surface area contributed by atoms with Crippen LogP contribution in [0, 0.1) is 0 Å². The largest absolute Gasteiger partial charge is 0.444 e. The van der Waals surface area contributed by atoms with Gasteiger partial charge in [0.25, 0.3) is 0 Å². The molecular weight excluding hydrogens is 228 g/mol. The van der Waals surface area contributed by atoms with Gasteiger partial charge in [-0.2, -0.15) is 0 Å². The van der Waals surface area contributed by atoms with E-state index >= 15 is 0 Å². The van der Waals surface area contributed by atoms with E-state index in [0.29, 0.717) is 0 Å². The zero-order valence-corrected chi connectivity index (χ0v) is 10.6. The van der Waals surface area contributed by atoms with Gasteiger partial charge in [0.05, 0.1) is 6.04 Å². The van der Waals surface area contributed by atoms with E-state index in [1.165, 1.54) is 13.1 Å². The number of nitrogens with zero attached hydrogens (tertiary/aromatic N) is 1. The van der Waals surface area contributed by atoms with Crippen LogP contribution in [0.5, 0.6) is 0 Å². The first-order chi connectivity index (χ1) is 7.70. The summed E-state index contributed by atoms with van der Waals surface area (Å²) in [6.07, 6.45) is -0.888. The molecule has 0 aromatic heterocycles. The van der Waals surface area contributed by atoms with Crippen molar-refractivity contribution in [3.63, 3.8) is 0 Å². The highest BCUT2D eigenvalue weighted by atomic mass is 19.1. The van der Waals surface area contributed by atoms with Crippen LogP contribution >= 0.6 is 0 Å². The van der Waals surface area contributed by atoms with E-state index in [1.807, 2.05) is 0 Å². The molecule has 0 saturated carbocycles. The number of carbonyl (C=O) groups excluding carboxylic acids is 1. The molecule has 0 fully saturated rings. The van der Waals surface area contributed by atoms with Crippen molar-refractivity contribution in [1.82, 2.24) is 4.90 Å². The van der Waals surface area contributed by atoms with Crippen LogP contribution in [0.3, 0.4) is 0 Å². The molecule has 0 N–H and O–H groups in total. The first-order valence-corrected chi connectivity index (χ1v) is 5.63. The maximum absolute atomic E-state index is 13.6. The van der Waals surface area contributed by atoms with E-state index < -0.39 is 30.1 Å². The van der Waals surface area contributed by atoms with Crippen LogP contribution in [-0.4, -0.2) is 42.0 Å². The van der Waals surface area contributed by atoms with Crippen LogP contribution in [0.15, 0.2) is 12.2 Å². The third-order valence-electron chi connectivity index (χ3n) is 2.52. The summed E-state index contributed by atoms with van der Waals surface area (Å²) >= 11 is 0. The Balaban J connectivity index is 2.66. The Morgan fingerprint density at radius 1 is 1.35 bits per heavy atom. The molecule has 0 spiro atoms. The molecule has 3 atom stereocenters. The number of halogens is 2. The lowest BCUT2D eigenvalue weighted by molar-refractivity contribution is 0.0122. The second-order valence-corrected chi connectivity index (χ2v) is 5.24. The first-order valence-electron chi connectivity index (χ1n) is 5.63. The van der Waals surface area contributed by atoms with Gasteiger partial charge >= 0.3 is 6.09 Å². The second kappa shape index (κ2) is 5.02. The van der Waals surface area contributed by atoms with E-state index in [1.54, 1.807) is 20.8 Å². The highest BCUT2D eigenvalue weighted by Gasteiger charge is 2.34. The molecule has 1 aliphatic carbocycles. The summed E-state index contributed by atoms with van der Waals surface area (Å²) in [4.78, 5) is 12.8. The van der Waals surface area contributed by atoms with Crippen LogP contribution in [0.2, 0.25) is 0 Å². The Hall–Kier alpha value is -1.13. The van der Waals surface area contributed by atoms with E-state index in [-0.39, 0.29) is 6.42 Å². The predicted molar refractivity (Wildman–Crippen MR) is 61.3 cm³/mol. The van der Waals surface area contributed by atoms with Gasteiger partial charge in [-0.15, -0.1) is 0 Å². The molecule has 0 bridgehead atoms. The number of alkyl halides is 2. The SMILES string of the molecule is CN(C(=O)OC(C)(C)C)C1CC(F)C=CC1F. The molecule has 3 unspecified atom stereocenters. The third kappa shape index (κ3) is 3.98. The van der Waals surface area contributed by atoms with Crippen molar-refractivity contribution in [2.45, 2.75) is 51.2 Å². The summed E-state index contributed by atoms with van der Waals surface area (Å²) in [5.74, 6) is 0. The predicted octanol–water partition coefficient (Wildman–Crippen LogP) is 2.86. The van der Waals surface area contributed by atoms with Crippen LogP contribution in [0.1, 0.15) is 27.2 Å². The van der Waals surface area contributed by atoms with E-state index in [9.17, 15) is 13.6 Å². The lowest BCUT2D eigenvalue weighted by atomic mass is 9.98. The van der Waals surface area contributed by atoms with Gasteiger partial charge in [-0.25, -0.2) is 13.6 Å². The molecule has 0 aromatic carbocycles. The quantitative estimate of drug-likeness (QED) is 0.667. The molecule has 1 rings (SSSR count). The maximum Gasteiger partial charge on any atom is 0.410 e. The van der Waals surface area contributed by atoms with Crippen molar-refractivity contribution < 1.29 is 18.3 Å². The fourth-order valence-electron chi connectivity index (χ4n) is 1.64. The monoisotopic (exact) mass is 247 g/mol. The number of ether oxygens (including phenoxy) is 1. The summed E-state index contributed by atoms with van der Waals surface area (Å²) in [5, 5.41) is 0. The fourth-order valence-corrected chi connectivity index (χ4v) is 1.64. The average molecular weight is 247 g/mol. The molecule has 98 valence electrons. The van der Waals surface area contributed by atoms with E-state index in [0.717, 1.165) is 11.0 Å².